The molecule has 3 rings (SSSR count). The van der Waals surface area contributed by atoms with Crippen molar-refractivity contribution in [3.63, 3.8) is 0 Å². The minimum absolute atomic E-state index is 0.0512. The summed E-state index contributed by atoms with van der Waals surface area (Å²) in [4.78, 5) is -3.28. The Labute approximate surface area is 158 Å². The number of nitrogens with zero attached hydrogens (tertiary/aromatic N) is 3. The maximum Gasteiger partial charge on any atom is 0.346 e. The zero-order chi connectivity index (χ0) is 18.6. The van der Waals surface area contributed by atoms with Crippen molar-refractivity contribution < 1.29 is 23.0 Å². The van der Waals surface area contributed by atoms with Gasteiger partial charge in [-0.15, -0.1) is 5.10 Å². The molecule has 2 heterocycles. The van der Waals surface area contributed by atoms with Gasteiger partial charge in [-0.1, -0.05) is 17.3 Å². The summed E-state index contributed by atoms with van der Waals surface area (Å²) in [5.41, 5.74) is 0.661. The molecule has 2 aromatic rings. The van der Waals surface area contributed by atoms with Gasteiger partial charge < -0.3 is 14.2 Å². The first kappa shape index (κ1) is 19.2. The molecule has 1 atom stereocenters. The van der Waals surface area contributed by atoms with Gasteiger partial charge in [-0.25, -0.2) is 4.68 Å². The molecule has 1 aliphatic heterocycles. The predicted molar refractivity (Wildman–Crippen MR) is 93.3 cm³/mol. The molecule has 0 N–H and O–H groups in total. The van der Waals surface area contributed by atoms with Crippen LogP contribution in [-0.2, 0) is 27.5 Å². The molecule has 0 radical (unpaired) electrons. The van der Waals surface area contributed by atoms with Gasteiger partial charge in [0.15, 0.2) is 12.0 Å². The molecule has 0 bridgehead atoms. The van der Waals surface area contributed by atoms with Crippen LogP contribution in [-0.4, -0.2) is 35.0 Å². The number of hydrogen-bond donors (Lipinski definition) is 0. The molecule has 0 spiro atoms. The van der Waals surface area contributed by atoms with Crippen molar-refractivity contribution >= 4 is 15.9 Å². The fraction of sp³-hybridized carbons (Fsp3) is 0.529. The van der Waals surface area contributed by atoms with E-state index in [2.05, 4.69) is 26.2 Å². The molecule has 1 unspecified atom stereocenters. The lowest BCUT2D eigenvalue weighted by Gasteiger charge is -2.23. The van der Waals surface area contributed by atoms with Crippen molar-refractivity contribution in [2.45, 2.75) is 43.5 Å². The van der Waals surface area contributed by atoms with Gasteiger partial charge in [0.1, 0.15) is 5.75 Å². The quantitative estimate of drug-likeness (QED) is 0.623. The standard InChI is InChI=1S/C17H20BrF2N3O3/c1-24-13-7-5-12(6-8-13)10-23-14(16(21-22-23)17(18,19)20)11-26-15-4-2-3-9-25-15/h5-8,15H,2-4,9-11H2,1H3. The molecule has 1 fully saturated rings. The summed E-state index contributed by atoms with van der Waals surface area (Å²) in [5, 5.41) is 7.54. The molecule has 1 saturated heterocycles. The van der Waals surface area contributed by atoms with Crippen LogP contribution in [0, 0.1) is 0 Å². The summed E-state index contributed by atoms with van der Waals surface area (Å²) in [6.07, 6.45) is 2.35. The molecular formula is C17H20BrF2N3O3. The Kier molecular flexibility index (Phi) is 6.20. The number of benzene rings is 1. The molecule has 6 nitrogen and oxygen atoms in total. The van der Waals surface area contributed by atoms with Crippen LogP contribution in [0.3, 0.4) is 0 Å². The average molecular weight is 432 g/mol. The average Bonchev–Trinajstić information content (AvgIpc) is 3.04. The summed E-state index contributed by atoms with van der Waals surface area (Å²) in [7, 11) is 1.58. The number of hydrogen-bond acceptors (Lipinski definition) is 5. The van der Waals surface area contributed by atoms with Crippen molar-refractivity contribution in [2.24, 2.45) is 0 Å². The SMILES string of the molecule is COc1ccc(Cn2nnc(C(F)(F)Br)c2COC2CCCCO2)cc1. The smallest absolute Gasteiger partial charge is 0.346 e. The van der Waals surface area contributed by atoms with Gasteiger partial charge in [-0.05, 0) is 52.9 Å². The highest BCUT2D eigenvalue weighted by molar-refractivity contribution is 9.09. The highest BCUT2D eigenvalue weighted by atomic mass is 79.9. The first-order valence-corrected chi connectivity index (χ1v) is 9.12. The van der Waals surface area contributed by atoms with Crippen LogP contribution in [0.2, 0.25) is 0 Å². The second kappa shape index (κ2) is 8.41. The molecule has 0 saturated carbocycles. The molecule has 26 heavy (non-hydrogen) atoms. The number of ether oxygens (including phenoxy) is 3. The molecule has 1 aliphatic rings. The summed E-state index contributed by atoms with van der Waals surface area (Å²) in [6.45, 7) is 0.865. The summed E-state index contributed by atoms with van der Waals surface area (Å²) < 4.78 is 45.4. The fourth-order valence-corrected chi connectivity index (χ4v) is 3.05. The van der Waals surface area contributed by atoms with E-state index in [1.807, 2.05) is 12.1 Å². The first-order chi connectivity index (χ1) is 12.5. The van der Waals surface area contributed by atoms with Crippen molar-refractivity contribution in [3.05, 3.63) is 41.2 Å². The molecule has 0 aliphatic carbocycles. The largest absolute Gasteiger partial charge is 0.497 e. The third kappa shape index (κ3) is 4.77. The number of aromatic nitrogens is 3. The van der Waals surface area contributed by atoms with Crippen molar-refractivity contribution in [1.29, 1.82) is 0 Å². The van der Waals surface area contributed by atoms with Crippen molar-refractivity contribution in [3.8, 4) is 5.75 Å². The van der Waals surface area contributed by atoms with Crippen LogP contribution in [0.25, 0.3) is 0 Å². The Balaban J connectivity index is 1.78. The zero-order valence-corrected chi connectivity index (χ0v) is 15.9. The lowest BCUT2D eigenvalue weighted by atomic mass is 10.2. The third-order valence-electron chi connectivity index (χ3n) is 4.14. The van der Waals surface area contributed by atoms with Gasteiger partial charge in [0.25, 0.3) is 0 Å². The highest BCUT2D eigenvalue weighted by Crippen LogP contribution is 2.35. The van der Waals surface area contributed by atoms with E-state index in [1.54, 1.807) is 19.2 Å². The van der Waals surface area contributed by atoms with Crippen molar-refractivity contribution in [2.75, 3.05) is 13.7 Å². The minimum Gasteiger partial charge on any atom is -0.497 e. The van der Waals surface area contributed by atoms with E-state index in [0.717, 1.165) is 30.6 Å². The lowest BCUT2D eigenvalue weighted by Crippen LogP contribution is -2.23. The second-order valence-electron chi connectivity index (χ2n) is 6.00. The second-order valence-corrected chi connectivity index (χ2v) is 6.99. The molecule has 1 aromatic heterocycles. The maximum atomic E-state index is 13.8. The Bertz CT molecular complexity index is 713. The Morgan fingerprint density at radius 2 is 2.08 bits per heavy atom. The van der Waals surface area contributed by atoms with E-state index < -0.39 is 10.5 Å². The maximum absolute atomic E-state index is 13.8. The van der Waals surface area contributed by atoms with Gasteiger partial charge in [0, 0.05) is 6.61 Å². The zero-order valence-electron chi connectivity index (χ0n) is 14.3. The monoisotopic (exact) mass is 431 g/mol. The minimum atomic E-state index is -3.28. The summed E-state index contributed by atoms with van der Waals surface area (Å²) in [5.74, 6) is 0.720. The van der Waals surface area contributed by atoms with Crippen LogP contribution >= 0.6 is 15.9 Å². The molecule has 1 aromatic carbocycles. The molecule has 9 heteroatoms. The van der Waals surface area contributed by atoms with E-state index in [4.69, 9.17) is 14.2 Å². The predicted octanol–water partition coefficient (Wildman–Crippen LogP) is 3.82. The van der Waals surface area contributed by atoms with E-state index in [1.165, 1.54) is 4.68 Å². The van der Waals surface area contributed by atoms with E-state index in [9.17, 15) is 8.78 Å². The van der Waals surface area contributed by atoms with Crippen LogP contribution in [0.5, 0.6) is 5.75 Å². The molecule has 142 valence electrons. The lowest BCUT2D eigenvalue weighted by molar-refractivity contribution is -0.170. The van der Waals surface area contributed by atoms with Gasteiger partial charge >= 0.3 is 4.83 Å². The van der Waals surface area contributed by atoms with E-state index in [0.29, 0.717) is 13.2 Å². The summed E-state index contributed by atoms with van der Waals surface area (Å²) in [6, 6.07) is 7.30. The van der Waals surface area contributed by atoms with Crippen LogP contribution in [0.4, 0.5) is 8.78 Å². The van der Waals surface area contributed by atoms with E-state index >= 15 is 0 Å². The number of methoxy groups -OCH3 is 1. The normalized spacial score (nSPS) is 18.1. The summed E-state index contributed by atoms with van der Waals surface area (Å²) >= 11 is 2.37. The number of halogens is 3. The number of rotatable bonds is 7. The topological polar surface area (TPSA) is 58.4 Å². The Hall–Kier alpha value is -1.58. The van der Waals surface area contributed by atoms with Crippen LogP contribution in [0.15, 0.2) is 24.3 Å². The van der Waals surface area contributed by atoms with Gasteiger partial charge in [0.05, 0.1) is 26.0 Å². The van der Waals surface area contributed by atoms with Gasteiger partial charge in [-0.3, -0.25) is 0 Å². The first-order valence-electron chi connectivity index (χ1n) is 8.33. The van der Waals surface area contributed by atoms with E-state index in [-0.39, 0.29) is 18.6 Å². The van der Waals surface area contributed by atoms with Gasteiger partial charge in [-0.2, -0.15) is 8.78 Å². The Morgan fingerprint density at radius 3 is 2.69 bits per heavy atom. The van der Waals surface area contributed by atoms with Crippen LogP contribution < -0.4 is 4.74 Å². The van der Waals surface area contributed by atoms with Crippen LogP contribution in [0.1, 0.15) is 36.2 Å². The van der Waals surface area contributed by atoms with Crippen molar-refractivity contribution in [1.82, 2.24) is 15.0 Å². The fourth-order valence-electron chi connectivity index (χ4n) is 2.74. The van der Waals surface area contributed by atoms with Gasteiger partial charge in [0.2, 0.25) is 0 Å². The third-order valence-corrected chi connectivity index (χ3v) is 4.52. The number of alkyl halides is 3. The molecule has 0 amide bonds. The molecular weight excluding hydrogens is 412 g/mol. The highest BCUT2D eigenvalue weighted by Gasteiger charge is 2.36. The Morgan fingerprint density at radius 1 is 1.31 bits per heavy atom.